The average molecular weight is 297 g/mol. The van der Waals surface area contributed by atoms with Crippen LogP contribution < -0.4 is 10.1 Å². The van der Waals surface area contributed by atoms with E-state index in [0.29, 0.717) is 24.3 Å². The molecule has 0 aliphatic carbocycles. The summed E-state index contributed by atoms with van der Waals surface area (Å²) in [6.45, 7) is 4.06. The molecule has 0 fully saturated rings. The number of nitrogens with one attached hydrogen (secondary N) is 1. The van der Waals surface area contributed by atoms with Crippen LogP contribution in [0.1, 0.15) is 29.8 Å². The third kappa shape index (κ3) is 4.45. The van der Waals surface area contributed by atoms with E-state index < -0.39 is 0 Å². The summed E-state index contributed by atoms with van der Waals surface area (Å²) < 4.78 is 5.36. The van der Waals surface area contributed by atoms with Crippen molar-refractivity contribution in [3.05, 3.63) is 59.7 Å². The molecule has 0 aliphatic heterocycles. The first kappa shape index (κ1) is 15.8. The first-order chi connectivity index (χ1) is 10.6. The van der Waals surface area contributed by atoms with Crippen molar-refractivity contribution in [2.45, 2.75) is 20.3 Å². The predicted molar refractivity (Wildman–Crippen MR) is 86.4 cm³/mol. The topological polar surface area (TPSA) is 55.4 Å². The van der Waals surface area contributed by atoms with Crippen LogP contribution in [0.5, 0.6) is 5.75 Å². The fourth-order valence-corrected chi connectivity index (χ4v) is 2.05. The van der Waals surface area contributed by atoms with Crippen LogP contribution >= 0.6 is 0 Å². The lowest BCUT2D eigenvalue weighted by molar-refractivity contribution is -0.115. The normalized spacial score (nSPS) is 10.1. The maximum atomic E-state index is 12.0. The molecule has 0 atom stereocenters. The van der Waals surface area contributed by atoms with Crippen LogP contribution in [-0.2, 0) is 11.2 Å². The molecule has 4 nitrogen and oxygen atoms in total. The average Bonchev–Trinajstić information content (AvgIpc) is 2.50. The number of carbonyl (C=O) groups excluding carboxylic acids is 2. The van der Waals surface area contributed by atoms with Gasteiger partial charge in [-0.2, -0.15) is 0 Å². The van der Waals surface area contributed by atoms with Crippen molar-refractivity contribution in [1.29, 1.82) is 0 Å². The molecule has 0 aliphatic rings. The second-order valence-electron chi connectivity index (χ2n) is 4.94. The van der Waals surface area contributed by atoms with Gasteiger partial charge in [-0.15, -0.1) is 0 Å². The second kappa shape index (κ2) is 7.41. The molecule has 4 heteroatoms. The van der Waals surface area contributed by atoms with Crippen molar-refractivity contribution in [1.82, 2.24) is 0 Å². The molecule has 114 valence electrons. The summed E-state index contributed by atoms with van der Waals surface area (Å²) in [6.07, 6.45) is 0.293. The maximum absolute atomic E-state index is 12.0. The minimum absolute atomic E-state index is 0.00673. The maximum Gasteiger partial charge on any atom is 0.228 e. The summed E-state index contributed by atoms with van der Waals surface area (Å²) >= 11 is 0. The summed E-state index contributed by atoms with van der Waals surface area (Å²) in [5.74, 6) is 0.707. The Labute approximate surface area is 130 Å². The van der Waals surface area contributed by atoms with Crippen molar-refractivity contribution < 1.29 is 14.3 Å². The molecule has 0 bridgehead atoms. The largest absolute Gasteiger partial charge is 0.494 e. The van der Waals surface area contributed by atoms with Gasteiger partial charge in [0.2, 0.25) is 5.91 Å². The van der Waals surface area contributed by atoms with Crippen LogP contribution in [0.25, 0.3) is 0 Å². The molecule has 2 aromatic rings. The summed E-state index contributed by atoms with van der Waals surface area (Å²) in [5.41, 5.74) is 2.23. The highest BCUT2D eigenvalue weighted by molar-refractivity contribution is 5.96. The first-order valence-corrected chi connectivity index (χ1v) is 7.21. The molecule has 2 aromatic carbocycles. The molecular formula is C18H19NO3. The number of amides is 1. The van der Waals surface area contributed by atoms with Crippen LogP contribution in [0.15, 0.2) is 48.5 Å². The van der Waals surface area contributed by atoms with Crippen molar-refractivity contribution >= 4 is 17.4 Å². The molecule has 0 unspecified atom stereocenters. The van der Waals surface area contributed by atoms with Gasteiger partial charge >= 0.3 is 0 Å². The van der Waals surface area contributed by atoms with Gasteiger partial charge in [0.05, 0.1) is 13.0 Å². The molecule has 1 N–H and O–H groups in total. The molecular weight excluding hydrogens is 278 g/mol. The summed E-state index contributed by atoms with van der Waals surface area (Å²) in [5, 5.41) is 2.81. The van der Waals surface area contributed by atoms with Gasteiger partial charge in [0.15, 0.2) is 5.78 Å². The van der Waals surface area contributed by atoms with Crippen LogP contribution in [0, 0.1) is 0 Å². The molecule has 0 saturated heterocycles. The lowest BCUT2D eigenvalue weighted by Crippen LogP contribution is -2.14. The third-order valence-electron chi connectivity index (χ3n) is 3.17. The van der Waals surface area contributed by atoms with E-state index in [4.69, 9.17) is 4.74 Å². The third-order valence-corrected chi connectivity index (χ3v) is 3.17. The van der Waals surface area contributed by atoms with Gasteiger partial charge in [0.25, 0.3) is 0 Å². The number of benzene rings is 2. The number of anilines is 1. The Kier molecular flexibility index (Phi) is 5.31. The highest BCUT2D eigenvalue weighted by Gasteiger charge is 2.05. The van der Waals surface area contributed by atoms with Crippen LogP contribution in [0.2, 0.25) is 0 Å². The van der Waals surface area contributed by atoms with Gasteiger partial charge in [-0.05, 0) is 55.8 Å². The molecule has 0 radical (unpaired) electrons. The van der Waals surface area contributed by atoms with E-state index in [1.54, 1.807) is 24.3 Å². The van der Waals surface area contributed by atoms with Crippen LogP contribution in [0.4, 0.5) is 5.69 Å². The van der Waals surface area contributed by atoms with Gasteiger partial charge in [-0.3, -0.25) is 9.59 Å². The molecule has 1 amide bonds. The highest BCUT2D eigenvalue weighted by Crippen LogP contribution is 2.14. The Hall–Kier alpha value is -2.62. The molecule has 2 rings (SSSR count). The van der Waals surface area contributed by atoms with Crippen molar-refractivity contribution in [3.63, 3.8) is 0 Å². The fraction of sp³-hybridized carbons (Fsp3) is 0.222. The van der Waals surface area contributed by atoms with Gasteiger partial charge in [0, 0.05) is 11.3 Å². The smallest absolute Gasteiger partial charge is 0.228 e. The minimum atomic E-state index is -0.0975. The Balaban J connectivity index is 1.93. The van der Waals surface area contributed by atoms with E-state index >= 15 is 0 Å². The van der Waals surface area contributed by atoms with E-state index in [-0.39, 0.29) is 11.7 Å². The van der Waals surface area contributed by atoms with Crippen LogP contribution in [-0.4, -0.2) is 18.3 Å². The molecule has 22 heavy (non-hydrogen) atoms. The van der Waals surface area contributed by atoms with Crippen molar-refractivity contribution in [2.24, 2.45) is 0 Å². The zero-order valence-electron chi connectivity index (χ0n) is 12.8. The minimum Gasteiger partial charge on any atom is -0.494 e. The van der Waals surface area contributed by atoms with E-state index in [2.05, 4.69) is 5.32 Å². The Morgan fingerprint density at radius 1 is 1.00 bits per heavy atom. The van der Waals surface area contributed by atoms with E-state index in [1.807, 2.05) is 31.2 Å². The fourth-order valence-electron chi connectivity index (χ4n) is 2.05. The Bertz CT molecular complexity index is 645. The molecule has 0 aromatic heterocycles. The molecule has 0 saturated carbocycles. The quantitative estimate of drug-likeness (QED) is 0.831. The second-order valence-corrected chi connectivity index (χ2v) is 4.94. The Morgan fingerprint density at radius 3 is 2.18 bits per heavy atom. The lowest BCUT2D eigenvalue weighted by atomic mass is 10.1. The van der Waals surface area contributed by atoms with Crippen molar-refractivity contribution in [3.8, 4) is 5.75 Å². The number of carbonyl (C=O) groups is 2. The summed E-state index contributed by atoms with van der Waals surface area (Å²) in [6, 6.07) is 14.3. The van der Waals surface area contributed by atoms with Crippen LogP contribution in [0.3, 0.4) is 0 Å². The Morgan fingerprint density at radius 2 is 1.64 bits per heavy atom. The SMILES string of the molecule is CCOc1ccc(CC(=O)Nc2ccc(C(C)=O)cc2)cc1. The standard InChI is InChI=1S/C18H19NO3/c1-3-22-17-10-4-14(5-11-17)12-18(21)19-16-8-6-15(7-9-16)13(2)20/h4-11H,3,12H2,1-2H3,(H,19,21). The summed E-state index contributed by atoms with van der Waals surface area (Å²) in [4.78, 5) is 23.2. The summed E-state index contributed by atoms with van der Waals surface area (Å²) in [7, 11) is 0. The number of hydrogen-bond donors (Lipinski definition) is 1. The lowest BCUT2D eigenvalue weighted by Gasteiger charge is -2.07. The van der Waals surface area contributed by atoms with Gasteiger partial charge < -0.3 is 10.1 Å². The van der Waals surface area contributed by atoms with Gasteiger partial charge in [0.1, 0.15) is 5.75 Å². The number of Topliss-reactive ketones (excluding diaryl/α,β-unsaturated/α-hetero) is 1. The van der Waals surface area contributed by atoms with Crippen molar-refractivity contribution in [2.75, 3.05) is 11.9 Å². The van der Waals surface area contributed by atoms with E-state index in [1.165, 1.54) is 6.92 Å². The molecule has 0 heterocycles. The number of ketones is 1. The van der Waals surface area contributed by atoms with Gasteiger partial charge in [-0.1, -0.05) is 12.1 Å². The van der Waals surface area contributed by atoms with E-state index in [0.717, 1.165) is 11.3 Å². The molecule has 0 spiro atoms. The van der Waals surface area contributed by atoms with E-state index in [9.17, 15) is 9.59 Å². The highest BCUT2D eigenvalue weighted by atomic mass is 16.5. The zero-order chi connectivity index (χ0) is 15.9. The number of hydrogen-bond acceptors (Lipinski definition) is 3. The number of rotatable bonds is 6. The predicted octanol–water partition coefficient (Wildman–Crippen LogP) is 3.47. The van der Waals surface area contributed by atoms with Gasteiger partial charge in [-0.25, -0.2) is 0 Å². The number of ether oxygens (including phenoxy) is 1. The first-order valence-electron chi connectivity index (χ1n) is 7.21. The zero-order valence-corrected chi connectivity index (χ0v) is 12.8. The monoisotopic (exact) mass is 297 g/mol.